The third-order valence-electron chi connectivity index (χ3n) is 5.90. The van der Waals surface area contributed by atoms with Crippen LogP contribution in [0.2, 0.25) is 0 Å². The SMILES string of the molecule is O=C(Cc1c[nH]c2ccccc12)N1CCN(c2ccnc(N3CCOCC3)n2)CC1. The van der Waals surface area contributed by atoms with Gasteiger partial charge in [-0.2, -0.15) is 4.98 Å². The second-order valence-corrected chi connectivity index (χ2v) is 7.72. The number of H-pyrrole nitrogens is 1. The quantitative estimate of drug-likeness (QED) is 0.711. The Bertz CT molecular complexity index is 1020. The van der Waals surface area contributed by atoms with E-state index in [2.05, 4.69) is 25.8 Å². The summed E-state index contributed by atoms with van der Waals surface area (Å²) in [5, 5.41) is 1.13. The summed E-state index contributed by atoms with van der Waals surface area (Å²) < 4.78 is 5.42. The highest BCUT2D eigenvalue weighted by Gasteiger charge is 2.23. The number of carbonyl (C=O) groups is 1. The summed E-state index contributed by atoms with van der Waals surface area (Å²) in [5.41, 5.74) is 2.13. The molecule has 156 valence electrons. The van der Waals surface area contributed by atoms with Gasteiger partial charge in [0.1, 0.15) is 5.82 Å². The van der Waals surface area contributed by atoms with Crippen LogP contribution in [-0.4, -0.2) is 78.2 Å². The summed E-state index contributed by atoms with van der Waals surface area (Å²) in [5.74, 6) is 1.86. The van der Waals surface area contributed by atoms with Gasteiger partial charge in [-0.15, -0.1) is 0 Å². The van der Waals surface area contributed by atoms with Gasteiger partial charge >= 0.3 is 0 Å². The number of fused-ring (bicyclic) bond motifs is 1. The minimum Gasteiger partial charge on any atom is -0.378 e. The van der Waals surface area contributed by atoms with Crippen molar-refractivity contribution in [3.63, 3.8) is 0 Å². The van der Waals surface area contributed by atoms with Crippen molar-refractivity contribution in [2.75, 3.05) is 62.3 Å². The molecule has 30 heavy (non-hydrogen) atoms. The summed E-state index contributed by atoms with van der Waals surface area (Å²) >= 11 is 0. The summed E-state index contributed by atoms with van der Waals surface area (Å²) in [6, 6.07) is 10.1. The first-order chi connectivity index (χ1) is 14.8. The van der Waals surface area contributed by atoms with Crippen LogP contribution >= 0.6 is 0 Å². The second-order valence-electron chi connectivity index (χ2n) is 7.72. The van der Waals surface area contributed by atoms with E-state index in [0.29, 0.717) is 32.7 Å². The number of morpholine rings is 1. The summed E-state index contributed by atoms with van der Waals surface area (Å²) in [6.07, 6.45) is 4.20. The number of hydrogen-bond donors (Lipinski definition) is 1. The maximum atomic E-state index is 12.9. The molecule has 2 aliphatic rings. The highest BCUT2D eigenvalue weighted by atomic mass is 16.5. The average Bonchev–Trinajstić information content (AvgIpc) is 3.23. The first-order valence-electron chi connectivity index (χ1n) is 10.5. The molecule has 0 saturated carbocycles. The van der Waals surface area contributed by atoms with Crippen molar-refractivity contribution in [2.24, 2.45) is 0 Å². The molecule has 3 aromatic rings. The first-order valence-corrected chi connectivity index (χ1v) is 10.5. The molecular formula is C22H26N6O2. The van der Waals surface area contributed by atoms with Crippen molar-refractivity contribution in [3.05, 3.63) is 48.3 Å². The fourth-order valence-electron chi connectivity index (χ4n) is 4.17. The zero-order valence-corrected chi connectivity index (χ0v) is 17.0. The average molecular weight is 406 g/mol. The molecule has 0 bridgehead atoms. The lowest BCUT2D eigenvalue weighted by atomic mass is 10.1. The third-order valence-corrected chi connectivity index (χ3v) is 5.90. The molecule has 4 heterocycles. The van der Waals surface area contributed by atoms with Crippen molar-refractivity contribution in [1.82, 2.24) is 19.9 Å². The number of piperazine rings is 1. The van der Waals surface area contributed by atoms with Gasteiger partial charge < -0.3 is 24.4 Å². The number of aromatic nitrogens is 3. The molecule has 2 saturated heterocycles. The van der Waals surface area contributed by atoms with E-state index in [1.54, 1.807) is 0 Å². The smallest absolute Gasteiger partial charge is 0.227 e. The fourth-order valence-corrected chi connectivity index (χ4v) is 4.17. The van der Waals surface area contributed by atoms with Crippen molar-refractivity contribution in [3.8, 4) is 0 Å². The molecule has 5 rings (SSSR count). The van der Waals surface area contributed by atoms with Gasteiger partial charge in [0.05, 0.1) is 19.6 Å². The highest BCUT2D eigenvalue weighted by Crippen LogP contribution is 2.21. The van der Waals surface area contributed by atoms with Crippen LogP contribution < -0.4 is 9.80 Å². The van der Waals surface area contributed by atoms with E-state index in [9.17, 15) is 4.79 Å². The zero-order chi connectivity index (χ0) is 20.3. The van der Waals surface area contributed by atoms with Gasteiger partial charge in [0.2, 0.25) is 11.9 Å². The molecule has 2 fully saturated rings. The lowest BCUT2D eigenvalue weighted by Crippen LogP contribution is -2.49. The maximum absolute atomic E-state index is 12.9. The Labute approximate surface area is 175 Å². The van der Waals surface area contributed by atoms with Crippen LogP contribution in [0.1, 0.15) is 5.56 Å². The van der Waals surface area contributed by atoms with Crippen LogP contribution in [0.3, 0.4) is 0 Å². The number of carbonyl (C=O) groups excluding carboxylic acids is 1. The molecule has 0 atom stereocenters. The van der Waals surface area contributed by atoms with Crippen LogP contribution in [0.25, 0.3) is 10.9 Å². The van der Waals surface area contributed by atoms with E-state index >= 15 is 0 Å². The number of rotatable bonds is 4. The number of nitrogens with zero attached hydrogens (tertiary/aromatic N) is 5. The van der Waals surface area contributed by atoms with Gasteiger partial charge in [-0.1, -0.05) is 18.2 Å². The van der Waals surface area contributed by atoms with Gasteiger partial charge in [0, 0.05) is 62.6 Å². The predicted molar refractivity (Wildman–Crippen MR) is 116 cm³/mol. The first kappa shape index (κ1) is 18.9. The molecule has 8 nitrogen and oxygen atoms in total. The van der Waals surface area contributed by atoms with Gasteiger partial charge in [0.25, 0.3) is 0 Å². The highest BCUT2D eigenvalue weighted by molar-refractivity contribution is 5.89. The van der Waals surface area contributed by atoms with Gasteiger partial charge in [-0.3, -0.25) is 4.79 Å². The summed E-state index contributed by atoms with van der Waals surface area (Å²) in [7, 11) is 0. The molecule has 0 unspecified atom stereocenters. The van der Waals surface area contributed by atoms with E-state index in [1.165, 1.54) is 0 Å². The van der Waals surface area contributed by atoms with Crippen LogP contribution in [0.5, 0.6) is 0 Å². The molecule has 8 heteroatoms. The molecule has 2 aliphatic heterocycles. The Morgan fingerprint density at radius 2 is 1.80 bits per heavy atom. The van der Waals surface area contributed by atoms with Gasteiger partial charge in [-0.05, 0) is 17.7 Å². The Kier molecular flexibility index (Phi) is 5.23. The fraction of sp³-hybridized carbons (Fsp3) is 0.409. The topological polar surface area (TPSA) is 77.6 Å². The lowest BCUT2D eigenvalue weighted by molar-refractivity contribution is -0.130. The number of aromatic amines is 1. The maximum Gasteiger partial charge on any atom is 0.227 e. The van der Waals surface area contributed by atoms with Crippen LogP contribution in [-0.2, 0) is 16.0 Å². The number of amides is 1. The van der Waals surface area contributed by atoms with Crippen LogP contribution in [0.4, 0.5) is 11.8 Å². The molecule has 1 aromatic carbocycles. The molecule has 0 radical (unpaired) electrons. The normalized spacial score (nSPS) is 17.5. The summed E-state index contributed by atoms with van der Waals surface area (Å²) in [6.45, 7) is 6.03. The summed E-state index contributed by atoms with van der Waals surface area (Å²) in [4.78, 5) is 31.7. The lowest BCUT2D eigenvalue weighted by Gasteiger charge is -2.36. The number of nitrogens with one attached hydrogen (secondary N) is 1. The van der Waals surface area contributed by atoms with Crippen LogP contribution in [0, 0.1) is 0 Å². The van der Waals surface area contributed by atoms with E-state index in [0.717, 1.165) is 54.4 Å². The number of hydrogen-bond acceptors (Lipinski definition) is 6. The standard InChI is InChI=1S/C22H26N6O2/c29-21(15-17-16-24-19-4-2-1-3-18(17)19)27-9-7-26(8-10-27)20-5-6-23-22(25-20)28-11-13-30-14-12-28/h1-6,16,24H,7-15H2. The van der Waals surface area contributed by atoms with Gasteiger partial charge in [0.15, 0.2) is 0 Å². The minimum absolute atomic E-state index is 0.177. The Morgan fingerprint density at radius 1 is 1.00 bits per heavy atom. The zero-order valence-electron chi connectivity index (χ0n) is 17.0. The predicted octanol–water partition coefficient (Wildman–Crippen LogP) is 1.69. The van der Waals surface area contributed by atoms with Gasteiger partial charge in [-0.25, -0.2) is 4.98 Å². The molecule has 1 amide bonds. The number of benzene rings is 1. The van der Waals surface area contributed by atoms with Crippen molar-refractivity contribution >= 4 is 28.6 Å². The largest absolute Gasteiger partial charge is 0.378 e. The Balaban J connectivity index is 1.20. The number of ether oxygens (including phenoxy) is 1. The van der Waals surface area contributed by atoms with E-state index in [-0.39, 0.29) is 5.91 Å². The molecule has 0 spiro atoms. The monoisotopic (exact) mass is 406 g/mol. The number of anilines is 2. The van der Waals surface area contributed by atoms with Crippen molar-refractivity contribution in [1.29, 1.82) is 0 Å². The molecular weight excluding hydrogens is 380 g/mol. The minimum atomic E-state index is 0.177. The number of para-hydroxylation sites is 1. The molecule has 0 aliphatic carbocycles. The second kappa shape index (κ2) is 8.31. The third kappa shape index (κ3) is 3.82. The van der Waals surface area contributed by atoms with Crippen molar-refractivity contribution < 1.29 is 9.53 Å². The van der Waals surface area contributed by atoms with E-state index in [1.807, 2.05) is 41.6 Å². The van der Waals surface area contributed by atoms with E-state index < -0.39 is 0 Å². The Morgan fingerprint density at radius 3 is 2.63 bits per heavy atom. The van der Waals surface area contributed by atoms with Crippen LogP contribution in [0.15, 0.2) is 42.7 Å². The Hall–Kier alpha value is -3.13. The molecule has 1 N–H and O–H groups in total. The molecule has 2 aromatic heterocycles. The van der Waals surface area contributed by atoms with Crippen molar-refractivity contribution in [2.45, 2.75) is 6.42 Å². The van der Waals surface area contributed by atoms with E-state index in [4.69, 9.17) is 9.72 Å².